The molecule has 8 heteroatoms. The highest BCUT2D eigenvalue weighted by molar-refractivity contribution is 5.94. The smallest absolute Gasteiger partial charge is 0.231 e. The number of carbonyl (C=O) groups excluding carboxylic acids is 1. The van der Waals surface area contributed by atoms with E-state index in [1.165, 1.54) is 12.1 Å². The summed E-state index contributed by atoms with van der Waals surface area (Å²) in [6, 6.07) is 4.40. The van der Waals surface area contributed by atoms with Gasteiger partial charge in [-0.25, -0.2) is 9.37 Å². The fraction of sp³-hybridized carbons (Fsp3) is 0.353. The number of rotatable bonds is 3. The maximum Gasteiger partial charge on any atom is 0.231 e. The summed E-state index contributed by atoms with van der Waals surface area (Å²) < 4.78 is 16.9. The third-order valence-corrected chi connectivity index (χ3v) is 4.78. The molecule has 2 N–H and O–H groups in total. The highest BCUT2D eigenvalue weighted by Crippen LogP contribution is 2.29. The van der Waals surface area contributed by atoms with Crippen molar-refractivity contribution < 1.29 is 9.18 Å². The number of benzene rings is 1. The summed E-state index contributed by atoms with van der Waals surface area (Å²) in [5, 5.41) is 10.4. The standard InChI is InChI=1S/C17H19FN6O/c1-23-9-10(6-20-23)12-7-19-8-13(12)16(25)22-17-21-14-5-11(18)3-4-15(14)24(17)2/h3-6,9,12-13,19H,7-8H2,1-2H3,(H,21,22,25)/t12-,13+/m1/s1. The van der Waals surface area contributed by atoms with E-state index < -0.39 is 0 Å². The minimum Gasteiger partial charge on any atom is -0.315 e. The van der Waals surface area contributed by atoms with Crippen molar-refractivity contribution in [1.82, 2.24) is 24.6 Å². The van der Waals surface area contributed by atoms with Crippen LogP contribution in [0.15, 0.2) is 30.6 Å². The molecule has 0 aliphatic carbocycles. The van der Waals surface area contributed by atoms with Gasteiger partial charge in [-0.15, -0.1) is 0 Å². The Morgan fingerprint density at radius 1 is 1.36 bits per heavy atom. The number of amides is 1. The lowest BCUT2D eigenvalue weighted by Gasteiger charge is -2.16. The van der Waals surface area contributed by atoms with Crippen molar-refractivity contribution in [2.45, 2.75) is 5.92 Å². The Bertz CT molecular complexity index is 946. The number of aryl methyl sites for hydroxylation is 2. The molecule has 0 unspecified atom stereocenters. The highest BCUT2D eigenvalue weighted by Gasteiger charge is 2.35. The van der Waals surface area contributed by atoms with Crippen LogP contribution >= 0.6 is 0 Å². The molecule has 3 heterocycles. The maximum absolute atomic E-state index is 13.4. The number of fused-ring (bicyclic) bond motifs is 1. The Hall–Kier alpha value is -2.74. The van der Waals surface area contributed by atoms with Gasteiger partial charge in [0.1, 0.15) is 5.82 Å². The van der Waals surface area contributed by atoms with Crippen LogP contribution in [0.1, 0.15) is 11.5 Å². The molecular weight excluding hydrogens is 323 g/mol. The van der Waals surface area contributed by atoms with Crippen LogP contribution in [-0.4, -0.2) is 38.3 Å². The summed E-state index contributed by atoms with van der Waals surface area (Å²) in [5.41, 5.74) is 2.33. The topological polar surface area (TPSA) is 76.8 Å². The van der Waals surface area contributed by atoms with E-state index in [4.69, 9.17) is 0 Å². The van der Waals surface area contributed by atoms with E-state index in [1.807, 2.05) is 13.2 Å². The van der Waals surface area contributed by atoms with E-state index in [0.717, 1.165) is 17.6 Å². The number of aromatic nitrogens is 4. The molecule has 3 aromatic rings. The molecule has 1 amide bonds. The fourth-order valence-corrected chi connectivity index (χ4v) is 3.42. The van der Waals surface area contributed by atoms with Crippen LogP contribution in [0.25, 0.3) is 11.0 Å². The molecule has 1 aliphatic heterocycles. The summed E-state index contributed by atoms with van der Waals surface area (Å²) in [5.74, 6) is -0.165. The monoisotopic (exact) mass is 342 g/mol. The molecular formula is C17H19FN6O. The SMILES string of the molecule is Cn1cc([C@H]2CNC[C@@H]2C(=O)Nc2nc3cc(F)ccc3n2C)cn1. The van der Waals surface area contributed by atoms with Crippen molar-refractivity contribution in [2.75, 3.05) is 18.4 Å². The Balaban J connectivity index is 1.58. The summed E-state index contributed by atoms with van der Waals surface area (Å²) in [7, 11) is 3.66. The molecule has 25 heavy (non-hydrogen) atoms. The first kappa shape index (κ1) is 15.8. The zero-order valence-electron chi connectivity index (χ0n) is 14.0. The number of hydrogen-bond donors (Lipinski definition) is 2. The van der Waals surface area contributed by atoms with Gasteiger partial charge >= 0.3 is 0 Å². The first-order chi connectivity index (χ1) is 12.0. The Morgan fingerprint density at radius 2 is 2.20 bits per heavy atom. The Morgan fingerprint density at radius 3 is 2.96 bits per heavy atom. The minimum atomic E-state index is -0.347. The first-order valence-electron chi connectivity index (χ1n) is 8.15. The Labute approximate surface area is 143 Å². The van der Waals surface area contributed by atoms with Crippen LogP contribution in [0.5, 0.6) is 0 Å². The first-order valence-corrected chi connectivity index (χ1v) is 8.15. The lowest BCUT2D eigenvalue weighted by molar-refractivity contribution is -0.119. The molecule has 0 spiro atoms. The van der Waals surface area contributed by atoms with Gasteiger partial charge in [-0.2, -0.15) is 5.10 Å². The second kappa shape index (κ2) is 5.96. The average Bonchev–Trinajstić information content (AvgIpc) is 3.27. The largest absolute Gasteiger partial charge is 0.315 e. The van der Waals surface area contributed by atoms with E-state index in [2.05, 4.69) is 20.7 Å². The van der Waals surface area contributed by atoms with Crippen LogP contribution < -0.4 is 10.6 Å². The third kappa shape index (κ3) is 2.78. The molecule has 2 atom stereocenters. The number of hydrogen-bond acceptors (Lipinski definition) is 4. The lowest BCUT2D eigenvalue weighted by atomic mass is 9.90. The van der Waals surface area contributed by atoms with Gasteiger partial charge in [-0.3, -0.25) is 14.8 Å². The molecule has 4 rings (SSSR count). The zero-order chi connectivity index (χ0) is 17.6. The minimum absolute atomic E-state index is 0.0702. The number of imidazole rings is 1. The maximum atomic E-state index is 13.4. The molecule has 0 radical (unpaired) electrons. The van der Waals surface area contributed by atoms with Crippen molar-refractivity contribution >= 4 is 22.9 Å². The molecule has 130 valence electrons. The third-order valence-electron chi connectivity index (χ3n) is 4.78. The van der Waals surface area contributed by atoms with Gasteiger partial charge < -0.3 is 9.88 Å². The fourth-order valence-electron chi connectivity index (χ4n) is 3.42. The predicted molar refractivity (Wildman–Crippen MR) is 91.6 cm³/mol. The van der Waals surface area contributed by atoms with Crippen molar-refractivity contribution in [2.24, 2.45) is 20.0 Å². The molecule has 0 bridgehead atoms. The predicted octanol–water partition coefficient (Wildman–Crippen LogP) is 1.39. The lowest BCUT2D eigenvalue weighted by Crippen LogP contribution is -2.29. The molecule has 1 saturated heterocycles. The van der Waals surface area contributed by atoms with Crippen molar-refractivity contribution in [3.8, 4) is 0 Å². The second-order valence-electron chi connectivity index (χ2n) is 6.44. The van der Waals surface area contributed by atoms with Gasteiger partial charge in [0.2, 0.25) is 11.9 Å². The highest BCUT2D eigenvalue weighted by atomic mass is 19.1. The summed E-state index contributed by atoms with van der Waals surface area (Å²) in [6.07, 6.45) is 3.74. The van der Waals surface area contributed by atoms with E-state index >= 15 is 0 Å². The van der Waals surface area contributed by atoms with E-state index in [1.54, 1.807) is 28.6 Å². The molecule has 1 aliphatic rings. The molecule has 7 nitrogen and oxygen atoms in total. The van der Waals surface area contributed by atoms with Gasteiger partial charge in [0.05, 0.1) is 23.1 Å². The van der Waals surface area contributed by atoms with Gasteiger partial charge in [-0.1, -0.05) is 0 Å². The van der Waals surface area contributed by atoms with Gasteiger partial charge in [0.25, 0.3) is 0 Å². The number of nitrogens with one attached hydrogen (secondary N) is 2. The number of carbonyl (C=O) groups is 1. The molecule has 2 aromatic heterocycles. The van der Waals surface area contributed by atoms with Gasteiger partial charge in [0, 0.05) is 45.4 Å². The van der Waals surface area contributed by atoms with Crippen LogP contribution in [0.4, 0.5) is 10.3 Å². The summed E-state index contributed by atoms with van der Waals surface area (Å²) in [4.78, 5) is 17.1. The second-order valence-corrected chi connectivity index (χ2v) is 6.44. The summed E-state index contributed by atoms with van der Waals surface area (Å²) >= 11 is 0. The quantitative estimate of drug-likeness (QED) is 0.754. The normalized spacial score (nSPS) is 20.3. The number of anilines is 1. The Kier molecular flexibility index (Phi) is 3.76. The van der Waals surface area contributed by atoms with Crippen LogP contribution in [0.2, 0.25) is 0 Å². The van der Waals surface area contributed by atoms with E-state index in [9.17, 15) is 9.18 Å². The molecule has 0 saturated carbocycles. The number of nitrogens with zero attached hydrogens (tertiary/aromatic N) is 4. The number of halogens is 1. The molecule has 1 fully saturated rings. The van der Waals surface area contributed by atoms with E-state index in [0.29, 0.717) is 18.0 Å². The van der Waals surface area contributed by atoms with Crippen molar-refractivity contribution in [3.63, 3.8) is 0 Å². The zero-order valence-corrected chi connectivity index (χ0v) is 14.0. The van der Waals surface area contributed by atoms with Crippen molar-refractivity contribution in [1.29, 1.82) is 0 Å². The van der Waals surface area contributed by atoms with Crippen LogP contribution in [-0.2, 0) is 18.9 Å². The van der Waals surface area contributed by atoms with Gasteiger partial charge in [0.15, 0.2) is 0 Å². The van der Waals surface area contributed by atoms with Gasteiger partial charge in [-0.05, 0) is 17.7 Å². The van der Waals surface area contributed by atoms with Crippen molar-refractivity contribution in [3.05, 3.63) is 42.0 Å². The van der Waals surface area contributed by atoms with E-state index in [-0.39, 0.29) is 23.6 Å². The van der Waals surface area contributed by atoms with Crippen LogP contribution in [0, 0.1) is 11.7 Å². The average molecular weight is 342 g/mol. The summed E-state index contributed by atoms with van der Waals surface area (Å²) in [6.45, 7) is 1.33. The van der Waals surface area contributed by atoms with Crippen LogP contribution in [0.3, 0.4) is 0 Å². The molecule has 1 aromatic carbocycles.